The van der Waals surface area contributed by atoms with Crippen molar-refractivity contribution in [1.82, 2.24) is 15.5 Å². The molecule has 2 unspecified atom stereocenters. The average Bonchev–Trinajstić information content (AvgIpc) is 3.01. The summed E-state index contributed by atoms with van der Waals surface area (Å²) in [5, 5.41) is 5.90. The zero-order chi connectivity index (χ0) is 18.4. The number of rotatable bonds is 6. The van der Waals surface area contributed by atoms with Gasteiger partial charge in [0, 0.05) is 32.1 Å². The van der Waals surface area contributed by atoms with Crippen LogP contribution in [0.15, 0.2) is 24.3 Å². The summed E-state index contributed by atoms with van der Waals surface area (Å²) in [6, 6.07) is 8.21. The molecule has 1 heterocycles. The van der Waals surface area contributed by atoms with Crippen molar-refractivity contribution in [3.8, 4) is 0 Å². The summed E-state index contributed by atoms with van der Waals surface area (Å²) in [4.78, 5) is 26.7. The Morgan fingerprint density at radius 3 is 2.44 bits per heavy atom. The minimum atomic E-state index is -0.197. The molecular weight excluding hydrogens is 314 g/mol. The second-order valence-electron chi connectivity index (χ2n) is 7.34. The van der Waals surface area contributed by atoms with Gasteiger partial charge < -0.3 is 15.5 Å². The molecule has 2 rings (SSSR count). The number of nitrogens with one attached hydrogen (secondary N) is 2. The number of nitrogens with zero attached hydrogens (tertiary/aromatic N) is 1. The molecule has 0 aliphatic carbocycles. The second-order valence-corrected chi connectivity index (χ2v) is 7.34. The van der Waals surface area contributed by atoms with E-state index in [9.17, 15) is 9.59 Å². The van der Waals surface area contributed by atoms with Crippen LogP contribution in [0, 0.1) is 18.8 Å². The number of benzene rings is 1. The molecule has 0 aromatic heterocycles. The molecule has 0 saturated carbocycles. The first-order valence-corrected chi connectivity index (χ1v) is 9.29. The van der Waals surface area contributed by atoms with Gasteiger partial charge in [-0.15, -0.1) is 0 Å². The summed E-state index contributed by atoms with van der Waals surface area (Å²) in [6.45, 7) is 10.6. The monoisotopic (exact) mass is 345 g/mol. The minimum absolute atomic E-state index is 0.0438. The number of hydrogen-bond donors (Lipinski definition) is 2. The van der Waals surface area contributed by atoms with Gasteiger partial charge in [0.05, 0.1) is 5.92 Å². The Morgan fingerprint density at radius 1 is 1.16 bits per heavy atom. The highest BCUT2D eigenvalue weighted by atomic mass is 16.2. The van der Waals surface area contributed by atoms with Crippen molar-refractivity contribution in [3.05, 3.63) is 35.4 Å². The molecule has 1 fully saturated rings. The summed E-state index contributed by atoms with van der Waals surface area (Å²) < 4.78 is 0. The predicted molar refractivity (Wildman–Crippen MR) is 101 cm³/mol. The SMILES string of the molecule is CCNC(=O)N1CC(C(=O)NCCC(C)C)C(c2ccc(C)cc2)C1. The van der Waals surface area contributed by atoms with Crippen molar-refractivity contribution in [2.24, 2.45) is 11.8 Å². The van der Waals surface area contributed by atoms with E-state index in [0.29, 0.717) is 32.1 Å². The van der Waals surface area contributed by atoms with Crippen LogP contribution < -0.4 is 10.6 Å². The summed E-state index contributed by atoms with van der Waals surface area (Å²) in [7, 11) is 0. The summed E-state index contributed by atoms with van der Waals surface area (Å²) in [5.41, 5.74) is 2.32. The number of aryl methyl sites for hydroxylation is 1. The lowest BCUT2D eigenvalue weighted by Crippen LogP contribution is -2.40. The molecule has 0 radical (unpaired) electrons. The fourth-order valence-electron chi connectivity index (χ4n) is 3.26. The van der Waals surface area contributed by atoms with Crippen LogP contribution in [-0.2, 0) is 4.79 Å². The molecule has 5 heteroatoms. The van der Waals surface area contributed by atoms with E-state index >= 15 is 0 Å². The van der Waals surface area contributed by atoms with E-state index in [1.165, 1.54) is 5.56 Å². The highest BCUT2D eigenvalue weighted by Crippen LogP contribution is 2.33. The van der Waals surface area contributed by atoms with Gasteiger partial charge >= 0.3 is 6.03 Å². The Bertz CT molecular complexity index is 583. The van der Waals surface area contributed by atoms with E-state index in [1.54, 1.807) is 4.90 Å². The summed E-state index contributed by atoms with van der Waals surface area (Å²) in [5.74, 6) is 0.460. The number of carbonyl (C=O) groups excluding carboxylic acids is 2. The Hall–Kier alpha value is -2.04. The third-order valence-electron chi connectivity index (χ3n) is 4.80. The lowest BCUT2D eigenvalue weighted by molar-refractivity contribution is -0.124. The second kappa shape index (κ2) is 8.88. The van der Waals surface area contributed by atoms with Gasteiger partial charge in [-0.2, -0.15) is 0 Å². The van der Waals surface area contributed by atoms with E-state index in [4.69, 9.17) is 0 Å². The lowest BCUT2D eigenvalue weighted by Gasteiger charge is -2.18. The fourth-order valence-corrected chi connectivity index (χ4v) is 3.26. The van der Waals surface area contributed by atoms with Crippen molar-refractivity contribution in [2.75, 3.05) is 26.2 Å². The van der Waals surface area contributed by atoms with Crippen LogP contribution in [-0.4, -0.2) is 43.0 Å². The first-order chi connectivity index (χ1) is 11.9. The lowest BCUT2D eigenvalue weighted by atomic mass is 9.88. The predicted octanol–water partition coefficient (Wildman–Crippen LogP) is 2.90. The number of urea groups is 1. The van der Waals surface area contributed by atoms with Crippen LogP contribution in [0.2, 0.25) is 0 Å². The minimum Gasteiger partial charge on any atom is -0.356 e. The van der Waals surface area contributed by atoms with Gasteiger partial charge in [-0.1, -0.05) is 43.7 Å². The van der Waals surface area contributed by atoms with Gasteiger partial charge in [-0.05, 0) is 31.7 Å². The molecule has 5 nitrogen and oxygen atoms in total. The highest BCUT2D eigenvalue weighted by Gasteiger charge is 2.40. The molecule has 1 aliphatic heterocycles. The van der Waals surface area contributed by atoms with Crippen LogP contribution >= 0.6 is 0 Å². The molecule has 0 bridgehead atoms. The molecule has 0 spiro atoms. The zero-order valence-corrected chi connectivity index (χ0v) is 15.8. The first-order valence-electron chi connectivity index (χ1n) is 9.29. The molecule has 138 valence electrons. The first kappa shape index (κ1) is 19.3. The Balaban J connectivity index is 2.12. The van der Waals surface area contributed by atoms with Gasteiger partial charge in [0.15, 0.2) is 0 Å². The maximum atomic E-state index is 12.7. The molecule has 2 atom stereocenters. The van der Waals surface area contributed by atoms with Crippen molar-refractivity contribution >= 4 is 11.9 Å². The van der Waals surface area contributed by atoms with Gasteiger partial charge in [-0.3, -0.25) is 4.79 Å². The van der Waals surface area contributed by atoms with Gasteiger partial charge in [0.2, 0.25) is 5.91 Å². The molecule has 25 heavy (non-hydrogen) atoms. The number of amides is 3. The number of likely N-dealkylation sites (tertiary alicyclic amines) is 1. The smallest absolute Gasteiger partial charge is 0.317 e. The third-order valence-corrected chi connectivity index (χ3v) is 4.80. The van der Waals surface area contributed by atoms with Crippen molar-refractivity contribution in [2.45, 2.75) is 40.0 Å². The van der Waals surface area contributed by atoms with Crippen molar-refractivity contribution in [3.63, 3.8) is 0 Å². The number of carbonyl (C=O) groups is 2. The standard InChI is InChI=1S/C20H31N3O2/c1-5-21-20(25)23-12-17(16-8-6-15(4)7-9-16)18(13-23)19(24)22-11-10-14(2)3/h6-9,14,17-18H,5,10-13H2,1-4H3,(H,21,25)(H,22,24). The van der Waals surface area contributed by atoms with Crippen LogP contribution in [0.4, 0.5) is 4.79 Å². The van der Waals surface area contributed by atoms with Crippen molar-refractivity contribution < 1.29 is 9.59 Å². The molecule has 1 aliphatic rings. The van der Waals surface area contributed by atoms with Gasteiger partial charge in [0.1, 0.15) is 0 Å². The summed E-state index contributed by atoms with van der Waals surface area (Å²) >= 11 is 0. The van der Waals surface area contributed by atoms with E-state index in [0.717, 1.165) is 12.0 Å². The molecule has 1 saturated heterocycles. The maximum absolute atomic E-state index is 12.7. The third kappa shape index (κ3) is 5.21. The molecule has 1 aromatic carbocycles. The average molecular weight is 345 g/mol. The molecule has 1 aromatic rings. The number of hydrogen-bond acceptors (Lipinski definition) is 2. The zero-order valence-electron chi connectivity index (χ0n) is 15.8. The highest BCUT2D eigenvalue weighted by molar-refractivity contribution is 5.82. The fraction of sp³-hybridized carbons (Fsp3) is 0.600. The van der Waals surface area contributed by atoms with E-state index in [1.807, 2.05) is 6.92 Å². The topological polar surface area (TPSA) is 61.4 Å². The van der Waals surface area contributed by atoms with E-state index < -0.39 is 0 Å². The van der Waals surface area contributed by atoms with Crippen molar-refractivity contribution in [1.29, 1.82) is 0 Å². The van der Waals surface area contributed by atoms with E-state index in [-0.39, 0.29) is 23.8 Å². The molecule has 2 N–H and O–H groups in total. The Labute approximate surface area is 151 Å². The summed E-state index contributed by atoms with van der Waals surface area (Å²) in [6.07, 6.45) is 0.966. The normalized spacial score (nSPS) is 20.0. The van der Waals surface area contributed by atoms with Gasteiger partial charge in [0.25, 0.3) is 0 Å². The Morgan fingerprint density at radius 2 is 1.84 bits per heavy atom. The van der Waals surface area contributed by atoms with E-state index in [2.05, 4.69) is 55.7 Å². The molecular formula is C20H31N3O2. The van der Waals surface area contributed by atoms with Crippen LogP contribution in [0.1, 0.15) is 44.2 Å². The Kier molecular flexibility index (Phi) is 6.85. The van der Waals surface area contributed by atoms with Crippen LogP contribution in [0.25, 0.3) is 0 Å². The maximum Gasteiger partial charge on any atom is 0.317 e. The van der Waals surface area contributed by atoms with Gasteiger partial charge in [-0.25, -0.2) is 4.79 Å². The van der Waals surface area contributed by atoms with Crippen LogP contribution in [0.3, 0.4) is 0 Å². The van der Waals surface area contributed by atoms with Crippen LogP contribution in [0.5, 0.6) is 0 Å². The largest absolute Gasteiger partial charge is 0.356 e. The molecule has 3 amide bonds. The quantitative estimate of drug-likeness (QED) is 0.833.